The van der Waals surface area contributed by atoms with E-state index in [0.717, 1.165) is 15.6 Å². The molecule has 2 amide bonds. The molecule has 0 aliphatic carbocycles. The Morgan fingerprint density at radius 1 is 1.21 bits per heavy atom. The van der Waals surface area contributed by atoms with Crippen molar-refractivity contribution in [3.63, 3.8) is 0 Å². The average molecular weight is 420 g/mol. The van der Waals surface area contributed by atoms with Gasteiger partial charge in [-0.3, -0.25) is 9.59 Å². The smallest absolute Gasteiger partial charge is 0.255 e. The topological polar surface area (TPSA) is 95.6 Å². The summed E-state index contributed by atoms with van der Waals surface area (Å²) in [4.78, 5) is 24.0. The molecular weight excluding hydrogens is 398 g/mol. The molecule has 1 aliphatic heterocycles. The van der Waals surface area contributed by atoms with Crippen LogP contribution in [-0.2, 0) is 20.6 Å². The SMILES string of the molecule is CSCc1ccc(C(=O)Nc2cccc(S(=O)(=O)N3CCNC(=O)C3)c2)cc1. The fraction of sp³-hybridized carbons (Fsp3) is 0.263. The Morgan fingerprint density at radius 3 is 2.64 bits per heavy atom. The van der Waals surface area contributed by atoms with Crippen LogP contribution >= 0.6 is 11.8 Å². The number of carbonyl (C=O) groups is 2. The van der Waals surface area contributed by atoms with E-state index in [-0.39, 0.29) is 36.3 Å². The van der Waals surface area contributed by atoms with Gasteiger partial charge in [0.05, 0.1) is 11.4 Å². The zero-order valence-corrected chi connectivity index (χ0v) is 17.0. The number of rotatable bonds is 6. The van der Waals surface area contributed by atoms with E-state index < -0.39 is 10.0 Å². The van der Waals surface area contributed by atoms with Gasteiger partial charge in [0.15, 0.2) is 0 Å². The molecule has 2 aromatic carbocycles. The first-order valence-corrected chi connectivity index (χ1v) is 11.5. The first-order valence-electron chi connectivity index (χ1n) is 8.66. The normalized spacial score (nSPS) is 15.1. The molecule has 1 saturated heterocycles. The first-order chi connectivity index (χ1) is 13.4. The van der Waals surface area contributed by atoms with Crippen LogP contribution < -0.4 is 10.6 Å². The van der Waals surface area contributed by atoms with Crippen molar-refractivity contribution < 1.29 is 18.0 Å². The summed E-state index contributed by atoms with van der Waals surface area (Å²) in [6.07, 6.45) is 2.01. The lowest BCUT2D eigenvalue weighted by Gasteiger charge is -2.26. The third-order valence-corrected chi connectivity index (χ3v) is 6.72. The molecule has 0 radical (unpaired) electrons. The largest absolute Gasteiger partial charge is 0.354 e. The number of benzene rings is 2. The summed E-state index contributed by atoms with van der Waals surface area (Å²) in [6, 6.07) is 13.3. The second-order valence-electron chi connectivity index (χ2n) is 6.30. The van der Waals surface area contributed by atoms with Crippen LogP contribution in [-0.4, -0.2) is 50.4 Å². The number of hydrogen-bond acceptors (Lipinski definition) is 5. The summed E-state index contributed by atoms with van der Waals surface area (Å²) in [5.74, 6) is 0.225. The van der Waals surface area contributed by atoms with Gasteiger partial charge in [-0.1, -0.05) is 18.2 Å². The molecule has 2 aromatic rings. The third-order valence-electron chi connectivity index (χ3n) is 4.26. The molecule has 3 rings (SSSR count). The lowest BCUT2D eigenvalue weighted by Crippen LogP contribution is -2.49. The van der Waals surface area contributed by atoms with Gasteiger partial charge in [0, 0.05) is 30.1 Å². The van der Waals surface area contributed by atoms with Crippen LogP contribution in [0, 0.1) is 0 Å². The molecule has 0 aromatic heterocycles. The number of carbonyl (C=O) groups excluding carboxylic acids is 2. The minimum absolute atomic E-state index is 0.0373. The molecule has 0 atom stereocenters. The Bertz CT molecular complexity index is 975. The third kappa shape index (κ3) is 4.73. The number of anilines is 1. The summed E-state index contributed by atoms with van der Waals surface area (Å²) in [7, 11) is -3.81. The summed E-state index contributed by atoms with van der Waals surface area (Å²) in [6.45, 7) is 0.287. The molecule has 0 unspecified atom stereocenters. The molecule has 1 aliphatic rings. The highest BCUT2D eigenvalue weighted by Gasteiger charge is 2.29. The van der Waals surface area contributed by atoms with Gasteiger partial charge in [0.2, 0.25) is 15.9 Å². The van der Waals surface area contributed by atoms with Gasteiger partial charge in [0.1, 0.15) is 0 Å². The Kier molecular flexibility index (Phi) is 6.38. The van der Waals surface area contributed by atoms with Crippen LogP contribution in [0.5, 0.6) is 0 Å². The first kappa shape index (κ1) is 20.4. The molecule has 0 saturated carbocycles. The summed E-state index contributed by atoms with van der Waals surface area (Å²) >= 11 is 1.70. The lowest BCUT2D eigenvalue weighted by atomic mass is 10.1. The second-order valence-corrected chi connectivity index (χ2v) is 9.10. The second kappa shape index (κ2) is 8.76. The molecule has 9 heteroatoms. The van der Waals surface area contributed by atoms with Crippen molar-refractivity contribution in [2.24, 2.45) is 0 Å². The summed E-state index contributed by atoms with van der Waals surface area (Å²) in [5, 5.41) is 5.33. The maximum absolute atomic E-state index is 12.8. The number of sulfonamides is 1. The number of amides is 2. The molecule has 1 fully saturated rings. The van der Waals surface area contributed by atoms with Gasteiger partial charge in [-0.15, -0.1) is 0 Å². The van der Waals surface area contributed by atoms with Crippen LogP contribution in [0.25, 0.3) is 0 Å². The van der Waals surface area contributed by atoms with Gasteiger partial charge >= 0.3 is 0 Å². The number of piperazine rings is 1. The van der Waals surface area contributed by atoms with Gasteiger partial charge in [-0.2, -0.15) is 16.1 Å². The van der Waals surface area contributed by atoms with E-state index >= 15 is 0 Å². The quantitative estimate of drug-likeness (QED) is 0.746. The van der Waals surface area contributed by atoms with E-state index in [9.17, 15) is 18.0 Å². The summed E-state index contributed by atoms with van der Waals surface area (Å²) < 4.78 is 26.7. The molecule has 0 spiro atoms. The van der Waals surface area contributed by atoms with Gasteiger partial charge < -0.3 is 10.6 Å². The number of hydrogen-bond donors (Lipinski definition) is 2. The zero-order chi connectivity index (χ0) is 20.1. The van der Waals surface area contributed by atoms with Gasteiger partial charge in [-0.05, 0) is 42.2 Å². The predicted molar refractivity (Wildman–Crippen MR) is 110 cm³/mol. The van der Waals surface area contributed by atoms with Crippen LogP contribution in [0.2, 0.25) is 0 Å². The van der Waals surface area contributed by atoms with Crippen molar-refractivity contribution in [3.8, 4) is 0 Å². The fourth-order valence-electron chi connectivity index (χ4n) is 2.83. The van der Waals surface area contributed by atoms with Gasteiger partial charge in [0.25, 0.3) is 5.91 Å². The van der Waals surface area contributed by atoms with E-state index in [1.54, 1.807) is 36.0 Å². The Balaban J connectivity index is 1.75. The minimum Gasteiger partial charge on any atom is -0.354 e. The lowest BCUT2D eigenvalue weighted by molar-refractivity contribution is -0.122. The Morgan fingerprint density at radius 2 is 1.96 bits per heavy atom. The fourth-order valence-corrected chi connectivity index (χ4v) is 4.80. The molecule has 0 bridgehead atoms. The highest BCUT2D eigenvalue weighted by Crippen LogP contribution is 2.21. The van der Waals surface area contributed by atoms with Crippen molar-refractivity contribution in [2.75, 3.05) is 31.2 Å². The van der Waals surface area contributed by atoms with E-state index in [0.29, 0.717) is 11.3 Å². The molecule has 148 valence electrons. The van der Waals surface area contributed by atoms with Crippen molar-refractivity contribution in [1.82, 2.24) is 9.62 Å². The highest BCUT2D eigenvalue weighted by atomic mass is 32.2. The molecule has 2 N–H and O–H groups in total. The molecule has 7 nitrogen and oxygen atoms in total. The molecule has 28 heavy (non-hydrogen) atoms. The van der Waals surface area contributed by atoms with Crippen molar-refractivity contribution in [2.45, 2.75) is 10.6 Å². The molecular formula is C19H21N3O4S2. The number of thioether (sulfide) groups is 1. The average Bonchev–Trinajstić information content (AvgIpc) is 2.69. The summed E-state index contributed by atoms with van der Waals surface area (Å²) in [5.41, 5.74) is 1.99. The Hall–Kier alpha value is -2.36. The van der Waals surface area contributed by atoms with Crippen LogP contribution in [0.4, 0.5) is 5.69 Å². The predicted octanol–water partition coefficient (Wildman–Crippen LogP) is 1.92. The van der Waals surface area contributed by atoms with E-state index in [1.807, 2.05) is 18.4 Å². The van der Waals surface area contributed by atoms with E-state index in [2.05, 4.69) is 10.6 Å². The minimum atomic E-state index is -3.81. The Labute approximate surface area is 168 Å². The maximum atomic E-state index is 12.8. The van der Waals surface area contributed by atoms with Crippen LogP contribution in [0.1, 0.15) is 15.9 Å². The van der Waals surface area contributed by atoms with E-state index in [4.69, 9.17) is 0 Å². The van der Waals surface area contributed by atoms with Crippen molar-refractivity contribution in [1.29, 1.82) is 0 Å². The monoisotopic (exact) mass is 419 g/mol. The van der Waals surface area contributed by atoms with Crippen LogP contribution in [0.15, 0.2) is 53.4 Å². The standard InChI is InChI=1S/C19H21N3O4S2/c1-27-13-14-5-7-15(8-6-14)19(24)21-16-3-2-4-17(11-16)28(25,26)22-10-9-20-18(23)12-22/h2-8,11H,9-10,12-13H2,1H3,(H,20,23)(H,21,24). The molecule has 1 heterocycles. The van der Waals surface area contributed by atoms with Crippen LogP contribution in [0.3, 0.4) is 0 Å². The maximum Gasteiger partial charge on any atom is 0.255 e. The highest BCUT2D eigenvalue weighted by molar-refractivity contribution is 7.97. The zero-order valence-electron chi connectivity index (χ0n) is 15.3. The van der Waals surface area contributed by atoms with Gasteiger partial charge in [-0.25, -0.2) is 8.42 Å². The van der Waals surface area contributed by atoms with E-state index in [1.165, 1.54) is 12.1 Å². The number of nitrogens with zero attached hydrogens (tertiary/aromatic N) is 1. The number of nitrogens with one attached hydrogen (secondary N) is 2. The van der Waals surface area contributed by atoms with Crippen molar-refractivity contribution in [3.05, 3.63) is 59.7 Å². The van der Waals surface area contributed by atoms with Crippen molar-refractivity contribution >= 4 is 39.3 Å².